The first-order valence-corrected chi connectivity index (χ1v) is 11.3. The van der Waals surface area contributed by atoms with Crippen LogP contribution in [0.4, 0.5) is 5.69 Å². The Labute approximate surface area is 171 Å². The number of nitrogens with zero attached hydrogens (tertiary/aromatic N) is 3. The van der Waals surface area contributed by atoms with E-state index in [0.717, 1.165) is 15.4 Å². The molecule has 8 nitrogen and oxygen atoms in total. The fourth-order valence-electron chi connectivity index (χ4n) is 2.54. The van der Waals surface area contributed by atoms with Crippen LogP contribution in [0.1, 0.15) is 12.8 Å². The Kier molecular flexibility index (Phi) is 6.01. The molecule has 0 spiro atoms. The van der Waals surface area contributed by atoms with E-state index in [1.54, 1.807) is 24.3 Å². The number of halogens is 1. The number of carbonyl (C=O) groups excluding carboxylic acids is 1. The third kappa shape index (κ3) is 4.70. The van der Waals surface area contributed by atoms with E-state index in [9.17, 15) is 13.2 Å². The van der Waals surface area contributed by atoms with Crippen molar-refractivity contribution in [2.24, 2.45) is 0 Å². The summed E-state index contributed by atoms with van der Waals surface area (Å²) >= 11 is 7.33. The van der Waals surface area contributed by atoms with E-state index < -0.39 is 22.0 Å². The molecule has 1 atom stereocenters. The van der Waals surface area contributed by atoms with Gasteiger partial charge in [0.25, 0.3) is 0 Å². The summed E-state index contributed by atoms with van der Waals surface area (Å²) in [5, 5.41) is 8.85. The van der Waals surface area contributed by atoms with Crippen LogP contribution in [0.15, 0.2) is 46.3 Å². The van der Waals surface area contributed by atoms with Crippen LogP contribution >= 0.6 is 22.9 Å². The quantitative estimate of drug-likeness (QED) is 0.605. The van der Waals surface area contributed by atoms with Gasteiger partial charge in [-0.2, -0.15) is 4.98 Å². The van der Waals surface area contributed by atoms with Gasteiger partial charge < -0.3 is 9.84 Å². The van der Waals surface area contributed by atoms with E-state index in [0.29, 0.717) is 16.5 Å². The molecule has 2 aromatic heterocycles. The van der Waals surface area contributed by atoms with Crippen molar-refractivity contribution in [1.82, 2.24) is 15.5 Å². The molecule has 0 aliphatic heterocycles. The van der Waals surface area contributed by atoms with Crippen molar-refractivity contribution >= 4 is 44.6 Å². The van der Waals surface area contributed by atoms with Gasteiger partial charge in [-0.1, -0.05) is 22.8 Å². The minimum Gasteiger partial charge on any atom is -0.345 e. The molecule has 11 heteroatoms. The highest BCUT2D eigenvalue weighted by Crippen LogP contribution is 2.23. The van der Waals surface area contributed by atoms with Crippen molar-refractivity contribution < 1.29 is 17.7 Å². The van der Waals surface area contributed by atoms with Gasteiger partial charge in [0, 0.05) is 5.02 Å². The first-order chi connectivity index (χ1) is 13.3. The number of anilines is 1. The Bertz CT molecular complexity index is 1050. The zero-order valence-electron chi connectivity index (χ0n) is 15.0. The Balaban J connectivity index is 1.70. The van der Waals surface area contributed by atoms with Crippen molar-refractivity contribution in [3.8, 4) is 10.7 Å². The summed E-state index contributed by atoms with van der Waals surface area (Å²) < 4.78 is 30.6. The lowest BCUT2D eigenvalue weighted by atomic mass is 10.2. The van der Waals surface area contributed by atoms with Crippen molar-refractivity contribution in [3.63, 3.8) is 0 Å². The van der Waals surface area contributed by atoms with Crippen molar-refractivity contribution in [2.75, 3.05) is 10.6 Å². The van der Waals surface area contributed by atoms with Crippen molar-refractivity contribution in [3.05, 3.63) is 52.7 Å². The molecule has 0 bridgehead atoms. The standard InChI is InChI=1S/C17H17ClN4O4S2/c1-11(22(28(2,24)25)13-7-5-12(18)6-8-13)17(23)19-10-15-20-16(21-26-15)14-4-3-9-27-14/h3-9,11H,10H2,1-2H3,(H,19,23)/t11-/m1/s1. The second kappa shape index (κ2) is 8.29. The molecule has 28 heavy (non-hydrogen) atoms. The Morgan fingerprint density at radius 2 is 2.04 bits per heavy atom. The van der Waals surface area contributed by atoms with Crippen LogP contribution in [-0.2, 0) is 21.4 Å². The van der Waals surface area contributed by atoms with Crippen LogP contribution in [-0.4, -0.2) is 36.8 Å². The normalized spacial score (nSPS) is 12.5. The fraction of sp³-hybridized carbons (Fsp3) is 0.235. The molecule has 3 aromatic rings. The van der Waals surface area contributed by atoms with Gasteiger partial charge in [-0.3, -0.25) is 9.10 Å². The summed E-state index contributed by atoms with van der Waals surface area (Å²) in [6, 6.07) is 8.94. The van der Waals surface area contributed by atoms with Crippen LogP contribution in [0.3, 0.4) is 0 Å². The average molecular weight is 441 g/mol. The van der Waals surface area contributed by atoms with E-state index in [2.05, 4.69) is 15.5 Å². The number of sulfonamides is 1. The second-order valence-electron chi connectivity index (χ2n) is 5.92. The molecule has 3 rings (SSSR count). The fourth-order valence-corrected chi connectivity index (χ4v) is 4.49. The third-order valence-electron chi connectivity index (χ3n) is 3.79. The smallest absolute Gasteiger partial charge is 0.246 e. The van der Waals surface area contributed by atoms with E-state index in [1.165, 1.54) is 18.3 Å². The zero-order valence-corrected chi connectivity index (χ0v) is 17.4. The molecule has 0 aliphatic carbocycles. The highest BCUT2D eigenvalue weighted by Gasteiger charge is 2.29. The number of carbonyl (C=O) groups is 1. The SMILES string of the molecule is C[C@H](C(=O)NCc1nc(-c2cccs2)no1)N(c1ccc(Cl)cc1)S(C)(=O)=O. The molecular weight excluding hydrogens is 424 g/mol. The molecule has 1 N–H and O–H groups in total. The maximum Gasteiger partial charge on any atom is 0.246 e. The molecule has 1 aromatic carbocycles. The zero-order chi connectivity index (χ0) is 20.3. The predicted octanol–water partition coefficient (Wildman–Crippen LogP) is 2.92. The largest absolute Gasteiger partial charge is 0.345 e. The Morgan fingerprint density at radius 1 is 1.32 bits per heavy atom. The van der Waals surface area contributed by atoms with Gasteiger partial charge in [-0.25, -0.2) is 8.42 Å². The summed E-state index contributed by atoms with van der Waals surface area (Å²) in [5.41, 5.74) is 0.340. The van der Waals surface area contributed by atoms with E-state index >= 15 is 0 Å². The molecular formula is C17H17ClN4O4S2. The van der Waals surface area contributed by atoms with Crippen LogP contribution in [0.25, 0.3) is 10.7 Å². The first-order valence-electron chi connectivity index (χ1n) is 8.15. The van der Waals surface area contributed by atoms with Crippen molar-refractivity contribution in [2.45, 2.75) is 19.5 Å². The van der Waals surface area contributed by atoms with E-state index in [4.69, 9.17) is 16.1 Å². The van der Waals surface area contributed by atoms with E-state index in [-0.39, 0.29) is 12.4 Å². The molecule has 0 fully saturated rings. The van der Waals surface area contributed by atoms with Crippen molar-refractivity contribution in [1.29, 1.82) is 0 Å². The molecule has 0 radical (unpaired) electrons. The minimum absolute atomic E-state index is 0.0141. The number of rotatable bonds is 7. The van der Waals surface area contributed by atoms with Gasteiger partial charge >= 0.3 is 0 Å². The lowest BCUT2D eigenvalue weighted by molar-refractivity contribution is -0.122. The molecule has 0 saturated heterocycles. The monoisotopic (exact) mass is 440 g/mol. The number of thiophene rings is 1. The highest BCUT2D eigenvalue weighted by molar-refractivity contribution is 7.92. The third-order valence-corrected chi connectivity index (χ3v) is 6.15. The average Bonchev–Trinajstić information content (AvgIpc) is 3.31. The lowest BCUT2D eigenvalue weighted by Crippen LogP contribution is -2.47. The number of amides is 1. The number of nitrogens with one attached hydrogen (secondary N) is 1. The number of hydrogen-bond acceptors (Lipinski definition) is 7. The van der Waals surface area contributed by atoms with Gasteiger partial charge in [-0.15, -0.1) is 11.3 Å². The number of aromatic nitrogens is 2. The van der Waals surface area contributed by atoms with Crippen LogP contribution in [0.5, 0.6) is 0 Å². The summed E-state index contributed by atoms with van der Waals surface area (Å²) in [7, 11) is -3.70. The van der Waals surface area contributed by atoms with E-state index in [1.807, 2.05) is 17.5 Å². The molecule has 0 unspecified atom stereocenters. The molecule has 0 aliphatic rings. The summed E-state index contributed by atoms with van der Waals surface area (Å²) in [6.07, 6.45) is 1.04. The first kappa shape index (κ1) is 20.3. The lowest BCUT2D eigenvalue weighted by Gasteiger charge is -2.28. The summed E-state index contributed by atoms with van der Waals surface area (Å²) in [4.78, 5) is 17.6. The molecule has 148 valence electrons. The topological polar surface area (TPSA) is 105 Å². The number of hydrogen-bond donors (Lipinski definition) is 1. The second-order valence-corrected chi connectivity index (χ2v) is 9.16. The minimum atomic E-state index is -3.70. The molecule has 0 saturated carbocycles. The van der Waals surface area contributed by atoms with Gasteiger partial charge in [0.15, 0.2) is 0 Å². The maximum atomic E-state index is 12.5. The molecule has 1 amide bonds. The van der Waals surface area contributed by atoms with Crippen LogP contribution in [0.2, 0.25) is 5.02 Å². The summed E-state index contributed by atoms with van der Waals surface area (Å²) in [5.74, 6) is 0.156. The molecule has 2 heterocycles. The highest BCUT2D eigenvalue weighted by atomic mass is 35.5. The van der Waals surface area contributed by atoms with Crippen LogP contribution in [0, 0.1) is 0 Å². The van der Waals surface area contributed by atoms with Gasteiger partial charge in [-0.05, 0) is 42.6 Å². The van der Waals surface area contributed by atoms with Gasteiger partial charge in [0.2, 0.25) is 27.6 Å². The van der Waals surface area contributed by atoms with Gasteiger partial charge in [0.05, 0.1) is 23.4 Å². The number of benzene rings is 1. The Hall–Kier alpha value is -2.43. The van der Waals surface area contributed by atoms with Crippen LogP contribution < -0.4 is 9.62 Å². The summed E-state index contributed by atoms with van der Waals surface area (Å²) in [6.45, 7) is 1.48. The van der Waals surface area contributed by atoms with Gasteiger partial charge in [0.1, 0.15) is 6.04 Å². The maximum absolute atomic E-state index is 12.5. The predicted molar refractivity (Wildman–Crippen MR) is 108 cm³/mol. The Morgan fingerprint density at radius 3 is 2.64 bits per heavy atom.